The Hall–Kier alpha value is -0.590. The van der Waals surface area contributed by atoms with E-state index in [4.69, 9.17) is 5.26 Å². The fourth-order valence-corrected chi connectivity index (χ4v) is 1.79. The molecular weight excluding hydrogens is 164 g/mol. The van der Waals surface area contributed by atoms with Crippen molar-refractivity contribution in [2.24, 2.45) is 5.92 Å². The summed E-state index contributed by atoms with van der Waals surface area (Å²) in [5.74, 6) is -0.163. The van der Waals surface area contributed by atoms with Crippen molar-refractivity contribution in [3.63, 3.8) is 0 Å². The number of nitrogens with zero attached hydrogens (tertiary/aromatic N) is 2. The summed E-state index contributed by atoms with van der Waals surface area (Å²) in [7, 11) is 0. The Bertz CT molecular complexity index is 198. The minimum absolute atomic E-state index is 0.163. The summed E-state index contributed by atoms with van der Waals surface area (Å²) in [6.07, 6.45) is 1.39. The maximum atomic E-state index is 9.70. The first kappa shape index (κ1) is 10.5. The molecule has 0 saturated carbocycles. The van der Waals surface area contributed by atoms with Crippen LogP contribution < -0.4 is 0 Å². The Labute approximate surface area is 80.0 Å². The monoisotopic (exact) mass is 182 g/mol. The first-order chi connectivity index (χ1) is 6.15. The van der Waals surface area contributed by atoms with Crippen LogP contribution in [0, 0.1) is 17.2 Å². The van der Waals surface area contributed by atoms with Crippen molar-refractivity contribution in [1.29, 1.82) is 5.26 Å². The quantitative estimate of drug-likeness (QED) is 0.658. The van der Waals surface area contributed by atoms with Crippen molar-refractivity contribution >= 4 is 0 Å². The lowest BCUT2D eigenvalue weighted by atomic mass is 10.0. The Balaban J connectivity index is 2.56. The molecule has 74 valence electrons. The van der Waals surface area contributed by atoms with Crippen LogP contribution in [0.25, 0.3) is 0 Å². The highest BCUT2D eigenvalue weighted by molar-refractivity contribution is 4.92. The predicted octanol–water partition coefficient (Wildman–Crippen LogP) is 0.991. The summed E-state index contributed by atoms with van der Waals surface area (Å²) in [4.78, 5) is 2.24. The number of aliphatic hydroxyl groups is 1. The molecule has 1 aliphatic rings. The molecule has 0 radical (unpaired) electrons. The zero-order valence-electron chi connectivity index (χ0n) is 8.40. The number of likely N-dealkylation sites (tertiary alicyclic amines) is 1. The van der Waals surface area contributed by atoms with E-state index in [9.17, 15) is 5.11 Å². The molecule has 1 heterocycles. The maximum Gasteiger partial charge on any atom is 0.0825 e. The largest absolute Gasteiger partial charge is 0.390 e. The first-order valence-electron chi connectivity index (χ1n) is 4.97. The Morgan fingerprint density at radius 2 is 2.23 bits per heavy atom. The molecule has 3 nitrogen and oxygen atoms in total. The van der Waals surface area contributed by atoms with Gasteiger partial charge < -0.3 is 5.11 Å². The number of β-amino-alcohol motifs (C(OH)–C–C–N with tert-alkyl or cyclic N) is 1. The fraction of sp³-hybridized carbons (Fsp3) is 0.900. The van der Waals surface area contributed by atoms with Gasteiger partial charge in [-0.05, 0) is 33.2 Å². The normalized spacial score (nSPS) is 31.3. The summed E-state index contributed by atoms with van der Waals surface area (Å²) in [5, 5.41) is 18.5. The third kappa shape index (κ3) is 2.68. The highest BCUT2D eigenvalue weighted by Crippen LogP contribution is 2.18. The molecule has 13 heavy (non-hydrogen) atoms. The van der Waals surface area contributed by atoms with E-state index in [-0.39, 0.29) is 5.92 Å². The van der Waals surface area contributed by atoms with Gasteiger partial charge >= 0.3 is 0 Å². The smallest absolute Gasteiger partial charge is 0.0825 e. The first-order valence-corrected chi connectivity index (χ1v) is 4.97. The summed E-state index contributed by atoms with van der Waals surface area (Å²) in [6, 6.07) is 2.64. The van der Waals surface area contributed by atoms with Crippen molar-refractivity contribution in [1.82, 2.24) is 4.90 Å². The molecular formula is C10H18N2O. The number of nitriles is 1. The van der Waals surface area contributed by atoms with Crippen LogP contribution in [-0.4, -0.2) is 35.2 Å². The number of hydrogen-bond acceptors (Lipinski definition) is 3. The standard InChI is InChI=1S/C10H18N2O/c1-8(2)12-5-3-4-9(6-11)10(13)7-12/h8-10,13H,3-5,7H2,1-2H3. The van der Waals surface area contributed by atoms with Crippen LogP contribution in [0.15, 0.2) is 0 Å². The molecule has 2 unspecified atom stereocenters. The van der Waals surface area contributed by atoms with Gasteiger partial charge in [-0.1, -0.05) is 0 Å². The second-order valence-corrected chi connectivity index (χ2v) is 4.03. The van der Waals surface area contributed by atoms with Crippen LogP contribution in [0.2, 0.25) is 0 Å². The van der Waals surface area contributed by atoms with Gasteiger partial charge in [0.15, 0.2) is 0 Å². The molecule has 0 amide bonds. The van der Waals surface area contributed by atoms with Gasteiger partial charge in [-0.3, -0.25) is 4.90 Å². The lowest BCUT2D eigenvalue weighted by Gasteiger charge is -2.26. The van der Waals surface area contributed by atoms with Gasteiger partial charge in [-0.2, -0.15) is 5.26 Å². The molecule has 1 rings (SSSR count). The van der Waals surface area contributed by atoms with Crippen LogP contribution in [-0.2, 0) is 0 Å². The van der Waals surface area contributed by atoms with Crippen LogP contribution in [0.1, 0.15) is 26.7 Å². The van der Waals surface area contributed by atoms with Gasteiger partial charge in [-0.15, -0.1) is 0 Å². The van der Waals surface area contributed by atoms with E-state index in [2.05, 4.69) is 24.8 Å². The Kier molecular flexibility index (Phi) is 3.71. The lowest BCUT2D eigenvalue weighted by Crippen LogP contribution is -2.37. The maximum absolute atomic E-state index is 9.70. The van der Waals surface area contributed by atoms with E-state index in [1.807, 2.05) is 0 Å². The van der Waals surface area contributed by atoms with Gasteiger partial charge in [0.05, 0.1) is 18.1 Å². The predicted molar refractivity (Wildman–Crippen MR) is 51.1 cm³/mol. The van der Waals surface area contributed by atoms with Crippen LogP contribution >= 0.6 is 0 Å². The summed E-state index contributed by atoms with van der Waals surface area (Å²) < 4.78 is 0. The van der Waals surface area contributed by atoms with Gasteiger partial charge in [0.1, 0.15) is 0 Å². The number of aliphatic hydroxyl groups excluding tert-OH is 1. The average Bonchev–Trinajstić information content (AvgIpc) is 2.26. The molecule has 0 bridgehead atoms. The minimum atomic E-state index is -0.463. The summed E-state index contributed by atoms with van der Waals surface area (Å²) in [6.45, 7) is 5.90. The summed E-state index contributed by atoms with van der Waals surface area (Å²) >= 11 is 0. The number of rotatable bonds is 1. The third-order valence-electron chi connectivity index (χ3n) is 2.74. The molecule has 2 atom stereocenters. The second kappa shape index (κ2) is 4.59. The summed E-state index contributed by atoms with van der Waals surface area (Å²) in [5.41, 5.74) is 0. The van der Waals surface area contributed by atoms with Crippen LogP contribution in [0.3, 0.4) is 0 Å². The minimum Gasteiger partial charge on any atom is -0.390 e. The zero-order chi connectivity index (χ0) is 9.84. The topological polar surface area (TPSA) is 47.3 Å². The highest BCUT2D eigenvalue weighted by atomic mass is 16.3. The zero-order valence-corrected chi connectivity index (χ0v) is 8.40. The second-order valence-electron chi connectivity index (χ2n) is 4.03. The molecule has 0 spiro atoms. The number of hydrogen-bond donors (Lipinski definition) is 1. The van der Waals surface area contributed by atoms with Gasteiger partial charge in [0.2, 0.25) is 0 Å². The Morgan fingerprint density at radius 1 is 1.54 bits per heavy atom. The molecule has 0 aromatic rings. The van der Waals surface area contributed by atoms with Gasteiger partial charge in [0, 0.05) is 12.6 Å². The van der Waals surface area contributed by atoms with E-state index in [1.54, 1.807) is 0 Å². The Morgan fingerprint density at radius 3 is 2.77 bits per heavy atom. The van der Waals surface area contributed by atoms with Crippen LogP contribution in [0.4, 0.5) is 0 Å². The van der Waals surface area contributed by atoms with E-state index in [1.165, 1.54) is 0 Å². The molecule has 1 aliphatic heterocycles. The molecule has 0 aromatic heterocycles. The van der Waals surface area contributed by atoms with E-state index in [0.29, 0.717) is 12.6 Å². The van der Waals surface area contributed by atoms with Crippen molar-refractivity contribution < 1.29 is 5.11 Å². The van der Waals surface area contributed by atoms with Gasteiger partial charge in [0.25, 0.3) is 0 Å². The van der Waals surface area contributed by atoms with E-state index in [0.717, 1.165) is 19.4 Å². The fourth-order valence-electron chi connectivity index (χ4n) is 1.79. The third-order valence-corrected chi connectivity index (χ3v) is 2.74. The molecule has 0 aliphatic carbocycles. The van der Waals surface area contributed by atoms with Crippen molar-refractivity contribution in [2.75, 3.05) is 13.1 Å². The van der Waals surface area contributed by atoms with Crippen molar-refractivity contribution in [3.05, 3.63) is 0 Å². The lowest BCUT2D eigenvalue weighted by molar-refractivity contribution is 0.0863. The van der Waals surface area contributed by atoms with E-state index >= 15 is 0 Å². The molecule has 3 heteroatoms. The van der Waals surface area contributed by atoms with E-state index < -0.39 is 6.10 Å². The van der Waals surface area contributed by atoms with Crippen LogP contribution in [0.5, 0.6) is 0 Å². The SMILES string of the molecule is CC(C)N1CCCC(C#N)C(O)C1. The molecule has 1 saturated heterocycles. The highest BCUT2D eigenvalue weighted by Gasteiger charge is 2.25. The average molecular weight is 182 g/mol. The molecule has 0 aromatic carbocycles. The van der Waals surface area contributed by atoms with Crippen molar-refractivity contribution in [3.8, 4) is 6.07 Å². The van der Waals surface area contributed by atoms with Gasteiger partial charge in [-0.25, -0.2) is 0 Å². The van der Waals surface area contributed by atoms with Crippen molar-refractivity contribution in [2.45, 2.75) is 38.8 Å². The molecule has 1 fully saturated rings. The molecule has 1 N–H and O–H groups in total.